The molecule has 0 radical (unpaired) electrons. The highest BCUT2D eigenvalue weighted by Crippen LogP contribution is 2.36. The van der Waals surface area contributed by atoms with Crippen molar-refractivity contribution < 1.29 is 22.6 Å². The minimum absolute atomic E-state index is 0.0937. The molecule has 3 rings (SSSR count). The van der Waals surface area contributed by atoms with E-state index in [2.05, 4.69) is 4.72 Å². The lowest BCUT2D eigenvalue weighted by Crippen LogP contribution is -2.56. The van der Waals surface area contributed by atoms with Crippen molar-refractivity contribution >= 4 is 10.0 Å². The SMILES string of the molecule is NCC1(NS(=O)(=O)c2cccc3c2OCCCO3)CCOCC1. The van der Waals surface area contributed by atoms with Crippen molar-refractivity contribution in [2.75, 3.05) is 33.0 Å². The van der Waals surface area contributed by atoms with Gasteiger partial charge >= 0.3 is 0 Å². The van der Waals surface area contributed by atoms with E-state index in [1.165, 1.54) is 6.07 Å². The van der Waals surface area contributed by atoms with E-state index in [9.17, 15) is 8.42 Å². The van der Waals surface area contributed by atoms with Crippen LogP contribution in [0.3, 0.4) is 0 Å². The lowest BCUT2D eigenvalue weighted by Gasteiger charge is -2.36. The third kappa shape index (κ3) is 3.45. The maximum Gasteiger partial charge on any atom is 0.244 e. The van der Waals surface area contributed by atoms with Gasteiger partial charge in [0.15, 0.2) is 11.5 Å². The highest BCUT2D eigenvalue weighted by Gasteiger charge is 2.37. The van der Waals surface area contributed by atoms with Gasteiger partial charge in [-0.05, 0) is 25.0 Å². The fourth-order valence-electron chi connectivity index (χ4n) is 2.83. The number of fused-ring (bicyclic) bond motifs is 1. The molecule has 0 atom stereocenters. The molecule has 0 amide bonds. The highest BCUT2D eigenvalue weighted by atomic mass is 32.2. The molecule has 0 unspecified atom stereocenters. The van der Waals surface area contributed by atoms with Crippen molar-refractivity contribution in [1.82, 2.24) is 4.72 Å². The van der Waals surface area contributed by atoms with Gasteiger partial charge in [0.05, 0.1) is 13.2 Å². The van der Waals surface area contributed by atoms with Gasteiger partial charge < -0.3 is 19.9 Å². The molecule has 1 saturated heterocycles. The maximum atomic E-state index is 12.9. The Bertz CT molecular complexity index is 656. The first kappa shape index (κ1) is 16.5. The molecule has 2 aliphatic rings. The Morgan fingerprint density at radius 3 is 2.61 bits per heavy atom. The van der Waals surface area contributed by atoms with E-state index in [-0.39, 0.29) is 17.2 Å². The van der Waals surface area contributed by atoms with Gasteiger partial charge in [-0.15, -0.1) is 0 Å². The summed E-state index contributed by atoms with van der Waals surface area (Å²) >= 11 is 0. The van der Waals surface area contributed by atoms with Gasteiger partial charge in [-0.3, -0.25) is 0 Å². The maximum absolute atomic E-state index is 12.9. The zero-order valence-corrected chi connectivity index (χ0v) is 13.7. The first-order valence-corrected chi connectivity index (χ1v) is 9.25. The third-order valence-electron chi connectivity index (χ3n) is 4.22. The van der Waals surface area contributed by atoms with Crippen molar-refractivity contribution in [2.24, 2.45) is 5.73 Å². The topological polar surface area (TPSA) is 99.9 Å². The fourth-order valence-corrected chi connectivity index (χ4v) is 4.46. The Morgan fingerprint density at radius 2 is 1.87 bits per heavy atom. The Kier molecular flexibility index (Phi) is 4.77. The van der Waals surface area contributed by atoms with E-state index in [0.29, 0.717) is 51.4 Å². The van der Waals surface area contributed by atoms with Crippen LogP contribution in [0, 0.1) is 0 Å². The Balaban J connectivity index is 1.93. The summed E-state index contributed by atoms with van der Waals surface area (Å²) in [7, 11) is -3.78. The van der Waals surface area contributed by atoms with Gasteiger partial charge in [-0.2, -0.15) is 0 Å². The molecule has 3 N–H and O–H groups in total. The van der Waals surface area contributed by atoms with E-state index in [1.54, 1.807) is 12.1 Å². The standard InChI is InChI=1S/C15H22N2O5S/c16-11-15(5-9-20-10-6-15)17-23(18,19)13-4-1-3-12-14(13)22-8-2-7-21-12/h1,3-4,17H,2,5-11,16H2. The molecule has 7 nitrogen and oxygen atoms in total. The molecule has 23 heavy (non-hydrogen) atoms. The van der Waals surface area contributed by atoms with Crippen LogP contribution in [0.15, 0.2) is 23.1 Å². The van der Waals surface area contributed by atoms with Gasteiger partial charge in [0, 0.05) is 31.7 Å². The number of nitrogens with two attached hydrogens (primary N) is 1. The summed E-state index contributed by atoms with van der Waals surface area (Å²) in [5.41, 5.74) is 5.17. The average molecular weight is 342 g/mol. The van der Waals surface area contributed by atoms with Gasteiger partial charge in [-0.1, -0.05) is 6.07 Å². The van der Waals surface area contributed by atoms with Crippen molar-refractivity contribution in [1.29, 1.82) is 0 Å². The predicted octanol–water partition coefficient (Wildman–Crippen LogP) is 0.634. The number of sulfonamides is 1. The van der Waals surface area contributed by atoms with Crippen molar-refractivity contribution in [2.45, 2.75) is 29.7 Å². The van der Waals surface area contributed by atoms with Crippen LogP contribution in [-0.4, -0.2) is 46.9 Å². The summed E-state index contributed by atoms with van der Waals surface area (Å²) in [4.78, 5) is 0.0937. The molecule has 0 aromatic heterocycles. The average Bonchev–Trinajstić information content (AvgIpc) is 2.80. The summed E-state index contributed by atoms with van der Waals surface area (Å²) in [6, 6.07) is 4.90. The Labute approximate surface area is 136 Å². The molecule has 1 fully saturated rings. The molecular formula is C15H22N2O5S. The largest absolute Gasteiger partial charge is 0.490 e. The minimum atomic E-state index is -3.78. The molecule has 1 aromatic rings. The van der Waals surface area contributed by atoms with E-state index >= 15 is 0 Å². The van der Waals surface area contributed by atoms with E-state index < -0.39 is 15.6 Å². The summed E-state index contributed by atoms with van der Waals surface area (Å²) in [5.74, 6) is 0.732. The monoisotopic (exact) mass is 342 g/mol. The molecule has 2 heterocycles. The number of hydrogen-bond donors (Lipinski definition) is 2. The smallest absolute Gasteiger partial charge is 0.244 e. The summed E-state index contributed by atoms with van der Waals surface area (Å²) in [6.45, 7) is 2.14. The second kappa shape index (κ2) is 6.64. The normalized spacial score (nSPS) is 20.7. The summed E-state index contributed by atoms with van der Waals surface area (Å²) < 4.78 is 45.1. The van der Waals surface area contributed by atoms with E-state index in [0.717, 1.165) is 0 Å². The minimum Gasteiger partial charge on any atom is -0.490 e. The second-order valence-corrected chi connectivity index (χ2v) is 7.49. The summed E-state index contributed by atoms with van der Waals surface area (Å²) in [6.07, 6.45) is 1.82. The summed E-state index contributed by atoms with van der Waals surface area (Å²) in [5, 5.41) is 0. The van der Waals surface area contributed by atoms with Crippen LogP contribution in [0.4, 0.5) is 0 Å². The van der Waals surface area contributed by atoms with Crippen LogP contribution in [-0.2, 0) is 14.8 Å². The first-order valence-electron chi connectivity index (χ1n) is 7.77. The second-order valence-electron chi connectivity index (χ2n) is 5.84. The van der Waals surface area contributed by atoms with Gasteiger partial charge in [0.25, 0.3) is 0 Å². The lowest BCUT2D eigenvalue weighted by atomic mass is 9.92. The number of benzene rings is 1. The van der Waals surface area contributed by atoms with Crippen LogP contribution in [0.25, 0.3) is 0 Å². The van der Waals surface area contributed by atoms with Crippen LogP contribution < -0.4 is 19.9 Å². The molecular weight excluding hydrogens is 320 g/mol. The molecule has 0 spiro atoms. The molecule has 0 aliphatic carbocycles. The van der Waals surface area contributed by atoms with Gasteiger partial charge in [0.2, 0.25) is 10.0 Å². The van der Waals surface area contributed by atoms with Crippen LogP contribution >= 0.6 is 0 Å². The number of rotatable bonds is 4. The first-order chi connectivity index (χ1) is 11.1. The molecule has 1 aromatic carbocycles. The van der Waals surface area contributed by atoms with Gasteiger partial charge in [0.1, 0.15) is 4.90 Å². The zero-order chi connectivity index (χ0) is 16.3. The number of hydrogen-bond acceptors (Lipinski definition) is 6. The van der Waals surface area contributed by atoms with Crippen LogP contribution in [0.2, 0.25) is 0 Å². The molecule has 2 aliphatic heterocycles. The Hall–Kier alpha value is -1.35. The molecule has 0 saturated carbocycles. The third-order valence-corrected chi connectivity index (χ3v) is 5.82. The molecule has 128 valence electrons. The Morgan fingerprint density at radius 1 is 1.13 bits per heavy atom. The van der Waals surface area contributed by atoms with Crippen molar-refractivity contribution in [3.63, 3.8) is 0 Å². The zero-order valence-electron chi connectivity index (χ0n) is 12.9. The quantitative estimate of drug-likeness (QED) is 0.833. The van der Waals surface area contributed by atoms with Gasteiger partial charge in [-0.25, -0.2) is 13.1 Å². The van der Waals surface area contributed by atoms with Crippen molar-refractivity contribution in [3.05, 3.63) is 18.2 Å². The fraction of sp³-hybridized carbons (Fsp3) is 0.600. The van der Waals surface area contributed by atoms with E-state index in [4.69, 9.17) is 19.9 Å². The molecule has 0 bridgehead atoms. The van der Waals surface area contributed by atoms with E-state index in [1.807, 2.05) is 0 Å². The number of nitrogens with one attached hydrogen (secondary N) is 1. The molecule has 8 heteroatoms. The lowest BCUT2D eigenvalue weighted by molar-refractivity contribution is 0.0502. The van der Waals surface area contributed by atoms with Crippen LogP contribution in [0.5, 0.6) is 11.5 Å². The number of para-hydroxylation sites is 1. The van der Waals surface area contributed by atoms with Crippen molar-refractivity contribution in [3.8, 4) is 11.5 Å². The predicted molar refractivity (Wildman–Crippen MR) is 84.2 cm³/mol. The number of ether oxygens (including phenoxy) is 3. The highest BCUT2D eigenvalue weighted by molar-refractivity contribution is 7.89. The van der Waals surface area contributed by atoms with Crippen LogP contribution in [0.1, 0.15) is 19.3 Å².